The molecule has 34 heavy (non-hydrogen) atoms. The lowest BCUT2D eigenvalue weighted by molar-refractivity contribution is 0.00391. The number of hydrogen-bond donors (Lipinski definition) is 2. The molecule has 10 heteroatoms. The number of benzene rings is 1. The number of alkyl halides is 2. The van der Waals surface area contributed by atoms with E-state index in [1.54, 1.807) is 24.3 Å². The van der Waals surface area contributed by atoms with E-state index < -0.39 is 36.3 Å². The van der Waals surface area contributed by atoms with Crippen LogP contribution in [0.1, 0.15) is 47.6 Å². The van der Waals surface area contributed by atoms with Crippen LogP contribution in [-0.2, 0) is 0 Å². The number of halogens is 2. The Bertz CT molecular complexity index is 1370. The number of pyridine rings is 1. The predicted octanol–water partition coefficient (Wildman–Crippen LogP) is 4.12. The molecular formula is C24H24F2N6O2. The van der Waals surface area contributed by atoms with Gasteiger partial charge in [-0.25, -0.2) is 8.78 Å². The van der Waals surface area contributed by atoms with Gasteiger partial charge in [-0.1, -0.05) is 0 Å². The van der Waals surface area contributed by atoms with Crippen LogP contribution < -0.4 is 10.9 Å². The second-order valence-electron chi connectivity index (χ2n) is 9.08. The van der Waals surface area contributed by atoms with Gasteiger partial charge in [0.05, 0.1) is 23.5 Å². The first-order valence-electron chi connectivity index (χ1n) is 11.3. The molecule has 176 valence electrons. The summed E-state index contributed by atoms with van der Waals surface area (Å²) < 4.78 is 29.6. The zero-order valence-corrected chi connectivity index (χ0v) is 18.6. The van der Waals surface area contributed by atoms with Gasteiger partial charge < -0.3 is 15.2 Å². The third-order valence-corrected chi connectivity index (χ3v) is 6.71. The Labute approximate surface area is 194 Å². The number of aryl methyl sites for hydroxylation is 1. The van der Waals surface area contributed by atoms with Crippen LogP contribution in [0.25, 0.3) is 10.9 Å². The second-order valence-corrected chi connectivity index (χ2v) is 9.08. The SMILES string of the molecule is Cc1cc(Nc2nn(C3CC(F)(F)CC3C#N)c3cc[nH]c(=O)c23)ccc1C(=O)N1CCCC1. The van der Waals surface area contributed by atoms with Gasteiger partial charge in [0.2, 0.25) is 0 Å². The normalized spacial score (nSPS) is 21.6. The number of likely N-dealkylation sites (tertiary alicyclic amines) is 1. The number of amides is 1. The third kappa shape index (κ3) is 3.81. The summed E-state index contributed by atoms with van der Waals surface area (Å²) in [4.78, 5) is 29.9. The molecule has 1 amide bonds. The molecule has 3 aromatic rings. The molecule has 2 fully saturated rings. The number of fused-ring (bicyclic) bond motifs is 1. The van der Waals surface area contributed by atoms with Crippen LogP contribution in [0.2, 0.25) is 0 Å². The molecule has 0 spiro atoms. The molecule has 5 rings (SSSR count). The number of nitrogens with one attached hydrogen (secondary N) is 2. The zero-order valence-electron chi connectivity index (χ0n) is 18.6. The lowest BCUT2D eigenvalue weighted by Gasteiger charge is -2.17. The van der Waals surface area contributed by atoms with Crippen molar-refractivity contribution in [3.63, 3.8) is 0 Å². The van der Waals surface area contributed by atoms with E-state index in [1.807, 2.05) is 17.9 Å². The van der Waals surface area contributed by atoms with Crippen LogP contribution in [0.3, 0.4) is 0 Å². The van der Waals surface area contributed by atoms with Gasteiger partial charge in [0.15, 0.2) is 5.82 Å². The van der Waals surface area contributed by atoms with Crippen molar-refractivity contribution < 1.29 is 13.6 Å². The molecule has 0 radical (unpaired) electrons. The molecule has 2 aromatic heterocycles. The minimum absolute atomic E-state index is 0.00238. The lowest BCUT2D eigenvalue weighted by Crippen LogP contribution is -2.28. The van der Waals surface area contributed by atoms with Crippen molar-refractivity contribution in [2.75, 3.05) is 18.4 Å². The first-order valence-corrected chi connectivity index (χ1v) is 11.3. The molecular weight excluding hydrogens is 442 g/mol. The van der Waals surface area contributed by atoms with Crippen molar-refractivity contribution in [2.24, 2.45) is 5.92 Å². The van der Waals surface area contributed by atoms with E-state index in [1.165, 1.54) is 10.9 Å². The highest BCUT2D eigenvalue weighted by atomic mass is 19.3. The fourth-order valence-electron chi connectivity index (χ4n) is 5.03. The second kappa shape index (κ2) is 8.24. The van der Waals surface area contributed by atoms with Crippen LogP contribution in [0.15, 0.2) is 35.3 Å². The summed E-state index contributed by atoms with van der Waals surface area (Å²) >= 11 is 0. The fourth-order valence-corrected chi connectivity index (χ4v) is 5.03. The number of H-pyrrole nitrogens is 1. The number of carbonyl (C=O) groups excluding carboxylic acids is 1. The van der Waals surface area contributed by atoms with E-state index in [-0.39, 0.29) is 17.1 Å². The van der Waals surface area contributed by atoms with Crippen molar-refractivity contribution in [2.45, 2.75) is 44.6 Å². The molecule has 2 atom stereocenters. The van der Waals surface area contributed by atoms with Crippen LogP contribution >= 0.6 is 0 Å². The van der Waals surface area contributed by atoms with Crippen molar-refractivity contribution >= 4 is 28.3 Å². The third-order valence-electron chi connectivity index (χ3n) is 6.71. The van der Waals surface area contributed by atoms with Gasteiger partial charge in [-0.2, -0.15) is 10.4 Å². The minimum atomic E-state index is -2.97. The number of carbonyl (C=O) groups is 1. The van der Waals surface area contributed by atoms with Crippen molar-refractivity contribution in [3.8, 4) is 6.07 Å². The van der Waals surface area contributed by atoms with Gasteiger partial charge in [0.1, 0.15) is 5.39 Å². The number of aromatic nitrogens is 3. The summed E-state index contributed by atoms with van der Waals surface area (Å²) in [7, 11) is 0. The number of nitrogens with zero attached hydrogens (tertiary/aromatic N) is 4. The highest BCUT2D eigenvalue weighted by molar-refractivity contribution is 5.97. The van der Waals surface area contributed by atoms with Crippen LogP contribution in [0.5, 0.6) is 0 Å². The van der Waals surface area contributed by atoms with Crippen LogP contribution in [0, 0.1) is 24.2 Å². The molecule has 1 aromatic carbocycles. The smallest absolute Gasteiger partial charge is 0.261 e. The Balaban J connectivity index is 1.50. The van der Waals surface area contributed by atoms with Crippen molar-refractivity contribution in [1.82, 2.24) is 19.7 Å². The average Bonchev–Trinajstić information content (AvgIpc) is 3.51. The van der Waals surface area contributed by atoms with E-state index in [2.05, 4.69) is 15.4 Å². The summed E-state index contributed by atoms with van der Waals surface area (Å²) in [5, 5.41) is 17.2. The molecule has 2 aliphatic rings. The standard InChI is InChI=1S/C24H24F2N6O2/c1-14-10-16(4-5-17(14)23(34)31-8-2-3-9-31)29-21-20-18(6-7-28-22(20)33)32(30-21)19-12-24(25,26)11-15(19)13-27/h4-7,10,15,19H,2-3,8-9,11-12H2,1H3,(H,28,33)(H,29,30). The summed E-state index contributed by atoms with van der Waals surface area (Å²) in [6.07, 6.45) is 2.40. The highest BCUT2D eigenvalue weighted by Crippen LogP contribution is 2.46. The summed E-state index contributed by atoms with van der Waals surface area (Å²) in [5.74, 6) is -3.67. The maximum Gasteiger partial charge on any atom is 0.261 e. The number of rotatable bonds is 4. The Morgan fingerprint density at radius 3 is 2.74 bits per heavy atom. The fraction of sp³-hybridized carbons (Fsp3) is 0.417. The van der Waals surface area contributed by atoms with Crippen molar-refractivity contribution in [3.05, 3.63) is 51.9 Å². The first-order chi connectivity index (χ1) is 16.3. The highest BCUT2D eigenvalue weighted by Gasteiger charge is 2.48. The summed E-state index contributed by atoms with van der Waals surface area (Å²) in [6.45, 7) is 3.36. The molecule has 1 aliphatic heterocycles. The molecule has 1 aliphatic carbocycles. The van der Waals surface area contributed by atoms with Gasteiger partial charge in [0, 0.05) is 43.4 Å². The molecule has 8 nitrogen and oxygen atoms in total. The molecule has 2 N–H and O–H groups in total. The topological polar surface area (TPSA) is 107 Å². The van der Waals surface area contributed by atoms with E-state index >= 15 is 0 Å². The minimum Gasteiger partial charge on any atom is -0.339 e. The first kappa shape index (κ1) is 22.1. The summed E-state index contributed by atoms with van der Waals surface area (Å²) in [6, 6.07) is 8.00. The maximum atomic E-state index is 14.1. The molecule has 0 bridgehead atoms. The number of anilines is 2. The molecule has 3 heterocycles. The van der Waals surface area contributed by atoms with E-state index in [9.17, 15) is 23.6 Å². The van der Waals surface area contributed by atoms with E-state index in [4.69, 9.17) is 0 Å². The zero-order chi connectivity index (χ0) is 24.0. The average molecular weight is 466 g/mol. The predicted molar refractivity (Wildman–Crippen MR) is 122 cm³/mol. The number of hydrogen-bond acceptors (Lipinski definition) is 5. The number of nitriles is 1. The van der Waals surface area contributed by atoms with Gasteiger partial charge >= 0.3 is 0 Å². The Morgan fingerprint density at radius 1 is 1.26 bits per heavy atom. The van der Waals surface area contributed by atoms with E-state index in [0.717, 1.165) is 31.5 Å². The van der Waals surface area contributed by atoms with Gasteiger partial charge in [-0.05, 0) is 49.6 Å². The Hall–Kier alpha value is -3.74. The maximum absolute atomic E-state index is 14.1. The largest absolute Gasteiger partial charge is 0.339 e. The van der Waals surface area contributed by atoms with Gasteiger partial charge in [-0.3, -0.25) is 14.3 Å². The monoisotopic (exact) mass is 466 g/mol. The Kier molecular flexibility index (Phi) is 5.35. The van der Waals surface area contributed by atoms with Gasteiger partial charge in [-0.15, -0.1) is 0 Å². The summed E-state index contributed by atoms with van der Waals surface area (Å²) in [5.41, 5.74) is 1.97. The van der Waals surface area contributed by atoms with E-state index in [0.29, 0.717) is 16.8 Å². The van der Waals surface area contributed by atoms with Crippen LogP contribution in [-0.4, -0.2) is 44.6 Å². The molecule has 2 unspecified atom stereocenters. The Morgan fingerprint density at radius 2 is 2.03 bits per heavy atom. The van der Waals surface area contributed by atoms with Gasteiger partial charge in [0.25, 0.3) is 17.4 Å². The van der Waals surface area contributed by atoms with Crippen molar-refractivity contribution in [1.29, 1.82) is 5.26 Å². The lowest BCUT2D eigenvalue weighted by atomic mass is 10.1. The molecule has 1 saturated carbocycles. The quantitative estimate of drug-likeness (QED) is 0.602. The molecule has 1 saturated heterocycles. The van der Waals surface area contributed by atoms with Crippen LogP contribution in [0.4, 0.5) is 20.3 Å². The number of aromatic amines is 1.